The number of amides is 2. The summed E-state index contributed by atoms with van der Waals surface area (Å²) in [5, 5.41) is 14.0. The zero-order valence-corrected chi connectivity index (χ0v) is 15.7. The Morgan fingerprint density at radius 3 is 2.59 bits per heavy atom. The Bertz CT molecular complexity index is 915. The van der Waals surface area contributed by atoms with Crippen molar-refractivity contribution in [3.05, 3.63) is 74.3 Å². The predicted octanol–water partition coefficient (Wildman–Crippen LogP) is 4.01. The molecule has 0 bridgehead atoms. The number of hydrogen-bond donors (Lipinski definition) is 1. The van der Waals surface area contributed by atoms with Crippen LogP contribution in [-0.4, -0.2) is 35.2 Å². The molecular weight excluding hydrogens is 393 g/mol. The third kappa shape index (κ3) is 6.09. The van der Waals surface area contributed by atoms with Gasteiger partial charge in [-0.25, -0.2) is 0 Å². The van der Waals surface area contributed by atoms with E-state index in [1.807, 2.05) is 0 Å². The van der Waals surface area contributed by atoms with E-state index in [1.54, 1.807) is 18.2 Å². The van der Waals surface area contributed by atoms with Crippen LogP contribution in [0.2, 0.25) is 10.0 Å². The van der Waals surface area contributed by atoms with Crippen LogP contribution in [0.5, 0.6) is 0 Å². The second kappa shape index (κ2) is 9.16. The fourth-order valence-electron chi connectivity index (χ4n) is 2.10. The average molecular weight is 408 g/mol. The Labute approximate surface area is 165 Å². The first-order valence-electron chi connectivity index (χ1n) is 7.69. The van der Waals surface area contributed by atoms with Gasteiger partial charge in [0.2, 0.25) is 11.8 Å². The van der Waals surface area contributed by atoms with E-state index in [9.17, 15) is 19.7 Å². The van der Waals surface area contributed by atoms with Crippen LogP contribution in [0.4, 0.5) is 11.4 Å². The molecule has 0 saturated carbocycles. The van der Waals surface area contributed by atoms with Crippen molar-refractivity contribution < 1.29 is 14.5 Å². The topological polar surface area (TPSA) is 92.6 Å². The first-order chi connectivity index (χ1) is 12.8. The van der Waals surface area contributed by atoms with E-state index >= 15 is 0 Å². The molecule has 0 aromatic heterocycles. The van der Waals surface area contributed by atoms with Crippen LogP contribution in [0.25, 0.3) is 6.08 Å². The fourth-order valence-corrected chi connectivity index (χ4v) is 2.40. The maximum atomic E-state index is 12.1. The van der Waals surface area contributed by atoms with Crippen LogP contribution < -0.4 is 5.32 Å². The summed E-state index contributed by atoms with van der Waals surface area (Å²) in [5.74, 6) is -0.834. The SMILES string of the molecule is CN(CC(=O)Nc1ccc(Cl)c(Cl)c1)C(=O)/C=C/c1cccc([N+](=O)[O-])c1. The monoisotopic (exact) mass is 407 g/mol. The standard InChI is InChI=1S/C18H15Cl2N3O4/c1-22(11-17(24)21-13-6-7-15(19)16(20)10-13)18(25)8-5-12-3-2-4-14(9-12)23(26)27/h2-10H,11H2,1H3,(H,21,24)/b8-5+. The van der Waals surface area contributed by atoms with Crippen molar-refractivity contribution in [1.29, 1.82) is 0 Å². The van der Waals surface area contributed by atoms with Gasteiger partial charge in [-0.05, 0) is 29.8 Å². The number of halogens is 2. The predicted molar refractivity (Wildman–Crippen MR) is 105 cm³/mol. The van der Waals surface area contributed by atoms with Crippen molar-refractivity contribution in [2.45, 2.75) is 0 Å². The molecule has 2 amide bonds. The number of carbonyl (C=O) groups is 2. The molecule has 0 heterocycles. The lowest BCUT2D eigenvalue weighted by Gasteiger charge is -2.15. The minimum Gasteiger partial charge on any atom is -0.333 e. The van der Waals surface area contributed by atoms with Gasteiger partial charge in [-0.3, -0.25) is 19.7 Å². The molecule has 0 aliphatic rings. The Morgan fingerprint density at radius 1 is 1.19 bits per heavy atom. The largest absolute Gasteiger partial charge is 0.333 e. The van der Waals surface area contributed by atoms with Crippen molar-refractivity contribution in [2.75, 3.05) is 18.9 Å². The van der Waals surface area contributed by atoms with Crippen LogP contribution in [-0.2, 0) is 9.59 Å². The summed E-state index contributed by atoms with van der Waals surface area (Å²) in [5.41, 5.74) is 0.896. The molecule has 27 heavy (non-hydrogen) atoms. The molecule has 0 radical (unpaired) electrons. The first-order valence-corrected chi connectivity index (χ1v) is 8.44. The summed E-state index contributed by atoms with van der Waals surface area (Å²) in [7, 11) is 1.47. The normalized spacial score (nSPS) is 10.6. The van der Waals surface area contributed by atoms with Gasteiger partial charge in [-0.2, -0.15) is 0 Å². The molecule has 0 spiro atoms. The Hall–Kier alpha value is -2.90. The van der Waals surface area contributed by atoms with Crippen molar-refractivity contribution in [2.24, 2.45) is 0 Å². The highest BCUT2D eigenvalue weighted by Gasteiger charge is 2.12. The summed E-state index contributed by atoms with van der Waals surface area (Å²) >= 11 is 11.7. The molecule has 0 aliphatic carbocycles. The van der Waals surface area contributed by atoms with Gasteiger partial charge >= 0.3 is 0 Å². The highest BCUT2D eigenvalue weighted by Crippen LogP contribution is 2.24. The van der Waals surface area contributed by atoms with Crippen molar-refractivity contribution in [3.63, 3.8) is 0 Å². The minimum absolute atomic E-state index is 0.0704. The summed E-state index contributed by atoms with van der Waals surface area (Å²) in [6.07, 6.45) is 2.69. The third-order valence-electron chi connectivity index (χ3n) is 3.46. The lowest BCUT2D eigenvalue weighted by atomic mass is 10.2. The second-order valence-electron chi connectivity index (χ2n) is 5.56. The molecule has 0 atom stereocenters. The fraction of sp³-hybridized carbons (Fsp3) is 0.111. The number of non-ortho nitro benzene ring substituents is 1. The zero-order chi connectivity index (χ0) is 20.0. The second-order valence-corrected chi connectivity index (χ2v) is 6.37. The van der Waals surface area contributed by atoms with E-state index in [0.717, 1.165) is 0 Å². The Kier molecular flexibility index (Phi) is 6.92. The van der Waals surface area contributed by atoms with E-state index in [1.165, 1.54) is 48.4 Å². The molecule has 9 heteroatoms. The number of nitro benzene ring substituents is 1. The number of anilines is 1. The lowest BCUT2D eigenvalue weighted by molar-refractivity contribution is -0.384. The van der Waals surface area contributed by atoms with Crippen molar-refractivity contribution >= 4 is 52.5 Å². The number of benzene rings is 2. The van der Waals surface area contributed by atoms with Gasteiger partial charge in [0, 0.05) is 30.9 Å². The van der Waals surface area contributed by atoms with Crippen LogP contribution in [0.1, 0.15) is 5.56 Å². The van der Waals surface area contributed by atoms with E-state index in [4.69, 9.17) is 23.2 Å². The van der Waals surface area contributed by atoms with E-state index in [0.29, 0.717) is 21.3 Å². The first kappa shape index (κ1) is 20.4. The number of hydrogen-bond acceptors (Lipinski definition) is 4. The molecule has 2 aromatic rings. The van der Waals surface area contributed by atoms with E-state index < -0.39 is 16.7 Å². The van der Waals surface area contributed by atoms with Gasteiger partial charge in [-0.1, -0.05) is 35.3 Å². The summed E-state index contributed by atoms with van der Waals surface area (Å²) < 4.78 is 0. The van der Waals surface area contributed by atoms with Gasteiger partial charge in [0.25, 0.3) is 5.69 Å². The van der Waals surface area contributed by atoms with Gasteiger partial charge in [0.1, 0.15) is 0 Å². The maximum absolute atomic E-state index is 12.1. The van der Waals surface area contributed by atoms with Crippen LogP contribution in [0, 0.1) is 10.1 Å². The molecule has 7 nitrogen and oxygen atoms in total. The highest BCUT2D eigenvalue weighted by molar-refractivity contribution is 6.42. The Morgan fingerprint density at radius 2 is 1.93 bits per heavy atom. The number of carbonyl (C=O) groups excluding carboxylic acids is 2. The van der Waals surface area contributed by atoms with Gasteiger partial charge < -0.3 is 10.2 Å². The molecule has 0 fully saturated rings. The number of nitrogens with one attached hydrogen (secondary N) is 1. The third-order valence-corrected chi connectivity index (χ3v) is 4.20. The zero-order valence-electron chi connectivity index (χ0n) is 14.2. The van der Waals surface area contributed by atoms with Crippen LogP contribution in [0.15, 0.2) is 48.5 Å². The quantitative estimate of drug-likeness (QED) is 0.444. The average Bonchev–Trinajstić information content (AvgIpc) is 2.62. The molecule has 140 valence electrons. The molecule has 0 saturated heterocycles. The van der Waals surface area contributed by atoms with Gasteiger partial charge in [0.05, 0.1) is 21.5 Å². The lowest BCUT2D eigenvalue weighted by Crippen LogP contribution is -2.33. The minimum atomic E-state index is -0.515. The summed E-state index contributed by atoms with van der Waals surface area (Å²) in [4.78, 5) is 35.6. The van der Waals surface area contributed by atoms with Crippen molar-refractivity contribution in [3.8, 4) is 0 Å². The molecular formula is C18H15Cl2N3O4. The van der Waals surface area contributed by atoms with Crippen LogP contribution in [0.3, 0.4) is 0 Å². The molecule has 2 rings (SSSR count). The molecule has 0 unspecified atom stereocenters. The summed E-state index contributed by atoms with van der Waals surface area (Å²) in [6.45, 7) is -0.182. The summed E-state index contributed by atoms with van der Waals surface area (Å²) in [6, 6.07) is 10.5. The smallest absolute Gasteiger partial charge is 0.270 e. The molecule has 1 N–H and O–H groups in total. The number of nitrogens with zero attached hydrogens (tertiary/aromatic N) is 2. The maximum Gasteiger partial charge on any atom is 0.270 e. The van der Waals surface area contributed by atoms with Crippen molar-refractivity contribution in [1.82, 2.24) is 4.90 Å². The highest BCUT2D eigenvalue weighted by atomic mass is 35.5. The van der Waals surface area contributed by atoms with Gasteiger partial charge in [0.15, 0.2) is 0 Å². The van der Waals surface area contributed by atoms with Crippen LogP contribution >= 0.6 is 23.2 Å². The number of rotatable bonds is 6. The number of likely N-dealkylation sites (N-methyl/N-ethyl adjacent to an activating group) is 1. The molecule has 0 aliphatic heterocycles. The van der Waals surface area contributed by atoms with Gasteiger partial charge in [-0.15, -0.1) is 0 Å². The van der Waals surface area contributed by atoms with E-state index in [2.05, 4.69) is 5.32 Å². The number of nitro groups is 1. The molecule has 2 aromatic carbocycles. The van der Waals surface area contributed by atoms with E-state index in [-0.39, 0.29) is 12.2 Å². The Balaban J connectivity index is 1.94.